The van der Waals surface area contributed by atoms with Crippen LogP contribution in [0.25, 0.3) is 11.4 Å². The average molecular weight is 289 g/mol. The number of hydrogen-bond donors (Lipinski definition) is 1. The minimum absolute atomic E-state index is 0.0194. The van der Waals surface area contributed by atoms with Crippen molar-refractivity contribution in [3.05, 3.63) is 29.8 Å². The summed E-state index contributed by atoms with van der Waals surface area (Å²) >= 11 is 0. The Balaban J connectivity index is 1.77. The van der Waals surface area contributed by atoms with Crippen molar-refractivity contribution in [2.75, 3.05) is 32.9 Å². The van der Waals surface area contributed by atoms with Gasteiger partial charge in [0.1, 0.15) is 0 Å². The normalized spacial score (nSPS) is 16.2. The fourth-order valence-electron chi connectivity index (χ4n) is 2.48. The predicted octanol–water partition coefficient (Wildman–Crippen LogP) is 0.165. The highest BCUT2D eigenvalue weighted by Gasteiger charge is 2.13. The molecule has 0 saturated carbocycles. The van der Waals surface area contributed by atoms with Gasteiger partial charge in [0, 0.05) is 25.2 Å². The van der Waals surface area contributed by atoms with Gasteiger partial charge < -0.3 is 9.84 Å². The van der Waals surface area contributed by atoms with E-state index >= 15 is 0 Å². The highest BCUT2D eigenvalue weighted by atomic mass is 16.5. The number of benzene rings is 1. The van der Waals surface area contributed by atoms with E-state index in [1.54, 1.807) is 4.68 Å². The highest BCUT2D eigenvalue weighted by Crippen LogP contribution is 2.18. The van der Waals surface area contributed by atoms with Crippen molar-refractivity contribution < 1.29 is 9.84 Å². The van der Waals surface area contributed by atoms with E-state index < -0.39 is 0 Å². The lowest BCUT2D eigenvalue weighted by Gasteiger charge is -2.26. The molecule has 0 bridgehead atoms. The Morgan fingerprint density at radius 1 is 1.24 bits per heavy atom. The number of hydrogen-bond acceptors (Lipinski definition) is 6. The average Bonchev–Trinajstić information content (AvgIpc) is 2.97. The van der Waals surface area contributed by atoms with Crippen molar-refractivity contribution in [1.29, 1.82) is 0 Å². The first-order chi connectivity index (χ1) is 10.4. The number of ether oxygens (including phenoxy) is 1. The standard InChI is InChI=1S/C14H19N5O2/c20-7-4-19-14(15-16-17-19)13-3-1-2-12(10-13)11-18-5-8-21-9-6-18/h1-3,10,20H,4-9,11H2. The number of aliphatic hydroxyl groups is 1. The molecule has 21 heavy (non-hydrogen) atoms. The number of rotatable bonds is 5. The van der Waals surface area contributed by atoms with Crippen LogP contribution < -0.4 is 0 Å². The van der Waals surface area contributed by atoms with Gasteiger partial charge in [-0.3, -0.25) is 4.90 Å². The summed E-state index contributed by atoms with van der Waals surface area (Å²) in [5.74, 6) is 0.688. The number of aliphatic hydroxyl groups excluding tert-OH is 1. The van der Waals surface area contributed by atoms with Crippen LogP contribution in [-0.4, -0.2) is 63.1 Å². The second-order valence-corrected chi connectivity index (χ2v) is 5.04. The molecule has 0 unspecified atom stereocenters. The van der Waals surface area contributed by atoms with E-state index in [4.69, 9.17) is 9.84 Å². The molecule has 0 amide bonds. The minimum atomic E-state index is 0.0194. The van der Waals surface area contributed by atoms with Crippen molar-refractivity contribution in [3.63, 3.8) is 0 Å². The monoisotopic (exact) mass is 289 g/mol. The number of aromatic nitrogens is 4. The summed E-state index contributed by atoms with van der Waals surface area (Å²) < 4.78 is 6.99. The van der Waals surface area contributed by atoms with E-state index in [2.05, 4.69) is 32.6 Å². The van der Waals surface area contributed by atoms with Gasteiger partial charge in [0.25, 0.3) is 0 Å². The SMILES string of the molecule is OCCn1nnnc1-c1cccc(CN2CCOCC2)c1. The van der Waals surface area contributed by atoms with Crippen molar-refractivity contribution in [3.8, 4) is 11.4 Å². The van der Waals surface area contributed by atoms with Crippen LogP contribution in [0.1, 0.15) is 5.56 Å². The molecular weight excluding hydrogens is 270 g/mol. The molecule has 7 nitrogen and oxygen atoms in total. The van der Waals surface area contributed by atoms with Gasteiger partial charge in [0.05, 0.1) is 26.4 Å². The van der Waals surface area contributed by atoms with Crippen LogP contribution in [0.5, 0.6) is 0 Å². The zero-order valence-electron chi connectivity index (χ0n) is 11.9. The molecule has 0 spiro atoms. The van der Waals surface area contributed by atoms with E-state index in [0.29, 0.717) is 12.4 Å². The van der Waals surface area contributed by atoms with Crippen LogP contribution in [0.3, 0.4) is 0 Å². The molecule has 1 fully saturated rings. The molecule has 0 radical (unpaired) electrons. The van der Waals surface area contributed by atoms with Crippen molar-refractivity contribution in [2.24, 2.45) is 0 Å². The second kappa shape index (κ2) is 6.75. The molecule has 1 aromatic heterocycles. The first-order valence-corrected chi connectivity index (χ1v) is 7.13. The maximum atomic E-state index is 9.05. The molecule has 1 aromatic carbocycles. The molecule has 1 N–H and O–H groups in total. The lowest BCUT2D eigenvalue weighted by atomic mass is 10.1. The molecule has 3 rings (SSSR count). The van der Waals surface area contributed by atoms with Gasteiger partial charge in [-0.05, 0) is 22.1 Å². The van der Waals surface area contributed by atoms with E-state index in [1.165, 1.54) is 5.56 Å². The van der Waals surface area contributed by atoms with Gasteiger partial charge >= 0.3 is 0 Å². The van der Waals surface area contributed by atoms with Crippen LogP contribution in [-0.2, 0) is 17.8 Å². The van der Waals surface area contributed by atoms with Crippen LogP contribution in [0, 0.1) is 0 Å². The number of morpholine rings is 1. The molecule has 0 aliphatic carbocycles. The number of nitrogens with zero attached hydrogens (tertiary/aromatic N) is 5. The molecular formula is C14H19N5O2. The molecule has 0 atom stereocenters. The number of tetrazole rings is 1. The Kier molecular flexibility index (Phi) is 4.54. The van der Waals surface area contributed by atoms with Gasteiger partial charge in [-0.25, -0.2) is 4.68 Å². The van der Waals surface area contributed by atoms with Gasteiger partial charge in [-0.2, -0.15) is 0 Å². The Hall–Kier alpha value is -1.83. The Bertz CT molecular complexity index is 580. The summed E-state index contributed by atoms with van der Waals surface area (Å²) in [6, 6.07) is 8.22. The fourth-order valence-corrected chi connectivity index (χ4v) is 2.48. The summed E-state index contributed by atoms with van der Waals surface area (Å²) in [5, 5.41) is 20.7. The molecule has 2 aromatic rings. The van der Waals surface area contributed by atoms with Crippen LogP contribution in [0.15, 0.2) is 24.3 Å². The van der Waals surface area contributed by atoms with Gasteiger partial charge in [-0.15, -0.1) is 5.10 Å². The predicted molar refractivity (Wildman–Crippen MR) is 76.4 cm³/mol. The lowest BCUT2D eigenvalue weighted by molar-refractivity contribution is 0.0342. The fraction of sp³-hybridized carbons (Fsp3) is 0.500. The van der Waals surface area contributed by atoms with Gasteiger partial charge in [0.15, 0.2) is 5.82 Å². The minimum Gasteiger partial charge on any atom is -0.394 e. The Labute approximate surface area is 123 Å². The molecule has 1 saturated heterocycles. The van der Waals surface area contributed by atoms with Crippen molar-refractivity contribution >= 4 is 0 Å². The lowest BCUT2D eigenvalue weighted by Crippen LogP contribution is -2.35. The Morgan fingerprint density at radius 2 is 2.10 bits per heavy atom. The smallest absolute Gasteiger partial charge is 0.182 e. The van der Waals surface area contributed by atoms with Crippen LogP contribution in [0.2, 0.25) is 0 Å². The first-order valence-electron chi connectivity index (χ1n) is 7.13. The van der Waals surface area contributed by atoms with E-state index in [1.807, 2.05) is 12.1 Å². The quantitative estimate of drug-likeness (QED) is 0.845. The molecule has 2 heterocycles. The third kappa shape index (κ3) is 3.44. The largest absolute Gasteiger partial charge is 0.394 e. The van der Waals surface area contributed by atoms with Crippen LogP contribution >= 0.6 is 0 Å². The van der Waals surface area contributed by atoms with E-state index in [9.17, 15) is 0 Å². The molecule has 112 valence electrons. The first kappa shape index (κ1) is 14.1. The highest BCUT2D eigenvalue weighted by molar-refractivity contribution is 5.55. The zero-order chi connectivity index (χ0) is 14.5. The second-order valence-electron chi connectivity index (χ2n) is 5.04. The molecule has 1 aliphatic heterocycles. The Morgan fingerprint density at radius 3 is 2.90 bits per heavy atom. The summed E-state index contributed by atoms with van der Waals surface area (Å²) in [5.41, 5.74) is 2.20. The van der Waals surface area contributed by atoms with Crippen molar-refractivity contribution in [1.82, 2.24) is 25.1 Å². The maximum absolute atomic E-state index is 9.05. The maximum Gasteiger partial charge on any atom is 0.182 e. The van der Waals surface area contributed by atoms with Crippen molar-refractivity contribution in [2.45, 2.75) is 13.1 Å². The van der Waals surface area contributed by atoms with Gasteiger partial charge in [-0.1, -0.05) is 18.2 Å². The van der Waals surface area contributed by atoms with Gasteiger partial charge in [0.2, 0.25) is 0 Å². The summed E-state index contributed by atoms with van der Waals surface area (Å²) in [4.78, 5) is 2.37. The topological polar surface area (TPSA) is 76.3 Å². The summed E-state index contributed by atoms with van der Waals surface area (Å²) in [7, 11) is 0. The summed E-state index contributed by atoms with van der Waals surface area (Å²) in [6.45, 7) is 4.85. The van der Waals surface area contributed by atoms with E-state index in [0.717, 1.165) is 38.4 Å². The summed E-state index contributed by atoms with van der Waals surface area (Å²) in [6.07, 6.45) is 0. The third-order valence-electron chi connectivity index (χ3n) is 3.54. The third-order valence-corrected chi connectivity index (χ3v) is 3.54. The zero-order valence-corrected chi connectivity index (χ0v) is 11.9. The molecule has 7 heteroatoms. The van der Waals surface area contributed by atoms with E-state index in [-0.39, 0.29) is 6.61 Å². The van der Waals surface area contributed by atoms with Crippen LogP contribution in [0.4, 0.5) is 0 Å². The molecule has 1 aliphatic rings.